The van der Waals surface area contributed by atoms with Gasteiger partial charge in [-0.15, -0.1) is 15.6 Å². The van der Waals surface area contributed by atoms with Crippen molar-refractivity contribution in [2.45, 2.75) is 6.92 Å². The van der Waals surface area contributed by atoms with Crippen LogP contribution in [0.4, 0.5) is 0 Å². The normalized spacial score (nSPS) is 10.3. The number of benzene rings is 1. The van der Waals surface area contributed by atoms with Gasteiger partial charge in [-0.25, -0.2) is 0 Å². The van der Waals surface area contributed by atoms with E-state index in [0.29, 0.717) is 17.3 Å². The van der Waals surface area contributed by atoms with E-state index in [-0.39, 0.29) is 5.91 Å². The van der Waals surface area contributed by atoms with Crippen LogP contribution >= 0.6 is 0 Å². The molecule has 0 fully saturated rings. The molecule has 2 aromatic heterocycles. The first-order valence-corrected chi connectivity index (χ1v) is 6.40. The quantitative estimate of drug-likeness (QED) is 0.742. The van der Waals surface area contributed by atoms with Crippen LogP contribution in [0.25, 0.3) is 11.5 Å². The number of rotatable bonds is 3. The van der Waals surface area contributed by atoms with Crippen LogP contribution in [0.15, 0.2) is 59.3 Å². The largest absolute Gasteiger partial charge is 0.421 e. The summed E-state index contributed by atoms with van der Waals surface area (Å²) in [7, 11) is 0. The third kappa shape index (κ3) is 2.94. The van der Waals surface area contributed by atoms with Crippen LogP contribution in [0.5, 0.6) is 0 Å². The number of hydrogen-bond donors (Lipinski definition) is 1. The minimum Gasteiger partial charge on any atom is -0.421 e. The fourth-order valence-corrected chi connectivity index (χ4v) is 1.83. The van der Waals surface area contributed by atoms with Gasteiger partial charge >= 0.3 is 5.91 Å². The monoisotopic (exact) mass is 281 g/mol. The number of hydrogen-bond acceptors (Lipinski definition) is 4. The van der Waals surface area contributed by atoms with Gasteiger partial charge < -0.3 is 4.42 Å². The van der Waals surface area contributed by atoms with E-state index in [1.165, 1.54) is 0 Å². The van der Waals surface area contributed by atoms with Gasteiger partial charge in [-0.3, -0.25) is 4.79 Å². The van der Waals surface area contributed by atoms with Crippen molar-refractivity contribution >= 4 is 5.91 Å². The fraction of sp³-hybridized carbons (Fsp3) is 0.0667. The standard InChI is InChI=1S/C15H12N4O2/c1-11-16-17-15(21-11)13-7-9-19(10-8-13)18-14(20)12-5-3-2-4-6-12/h2-10H,1H3/p+1. The molecule has 1 amide bonds. The summed E-state index contributed by atoms with van der Waals surface area (Å²) >= 11 is 0. The van der Waals surface area contributed by atoms with E-state index in [2.05, 4.69) is 15.6 Å². The van der Waals surface area contributed by atoms with E-state index in [4.69, 9.17) is 4.42 Å². The first kappa shape index (κ1) is 13.0. The molecule has 0 spiro atoms. The van der Waals surface area contributed by atoms with Gasteiger partial charge in [0, 0.05) is 24.6 Å². The van der Waals surface area contributed by atoms with Crippen molar-refractivity contribution in [3.63, 3.8) is 0 Å². The number of aromatic nitrogens is 3. The van der Waals surface area contributed by atoms with E-state index in [1.54, 1.807) is 48.3 Å². The second-order valence-corrected chi connectivity index (χ2v) is 4.43. The minimum atomic E-state index is -0.179. The molecule has 6 nitrogen and oxygen atoms in total. The summed E-state index contributed by atoms with van der Waals surface area (Å²) in [5, 5.41) is 7.72. The molecule has 6 heteroatoms. The van der Waals surface area contributed by atoms with Gasteiger partial charge in [0.1, 0.15) is 0 Å². The van der Waals surface area contributed by atoms with Crippen LogP contribution in [-0.4, -0.2) is 16.1 Å². The van der Waals surface area contributed by atoms with Gasteiger partial charge in [-0.2, -0.15) is 0 Å². The van der Waals surface area contributed by atoms with E-state index < -0.39 is 0 Å². The Bertz CT molecular complexity index is 751. The number of carbonyl (C=O) groups is 1. The number of carbonyl (C=O) groups excluding carboxylic acids is 1. The Kier molecular flexibility index (Phi) is 3.42. The van der Waals surface area contributed by atoms with Gasteiger partial charge in [0.05, 0.1) is 5.56 Å². The van der Waals surface area contributed by atoms with Crippen LogP contribution in [0.2, 0.25) is 0 Å². The maximum atomic E-state index is 12.0. The first-order valence-electron chi connectivity index (χ1n) is 6.40. The number of aryl methyl sites for hydroxylation is 1. The van der Waals surface area contributed by atoms with Crippen molar-refractivity contribution in [1.29, 1.82) is 0 Å². The summed E-state index contributed by atoms with van der Waals surface area (Å²) in [6, 6.07) is 12.6. The highest BCUT2D eigenvalue weighted by Crippen LogP contribution is 2.14. The van der Waals surface area contributed by atoms with Gasteiger partial charge in [-0.1, -0.05) is 22.9 Å². The molecule has 1 aromatic carbocycles. The fourth-order valence-electron chi connectivity index (χ4n) is 1.83. The second-order valence-electron chi connectivity index (χ2n) is 4.43. The molecule has 0 aliphatic heterocycles. The lowest BCUT2D eigenvalue weighted by Gasteiger charge is -1.99. The van der Waals surface area contributed by atoms with Crippen molar-refractivity contribution < 1.29 is 13.9 Å². The molecule has 3 rings (SSSR count). The molecule has 1 N–H and O–H groups in total. The van der Waals surface area contributed by atoms with Crippen molar-refractivity contribution in [2.75, 3.05) is 5.43 Å². The predicted molar refractivity (Wildman–Crippen MR) is 74.8 cm³/mol. The van der Waals surface area contributed by atoms with Gasteiger partial charge in [0.25, 0.3) is 0 Å². The second kappa shape index (κ2) is 5.54. The van der Waals surface area contributed by atoms with E-state index in [1.807, 2.05) is 18.2 Å². The Labute approximate surface area is 121 Å². The molecule has 0 aliphatic carbocycles. The zero-order valence-electron chi connectivity index (χ0n) is 11.4. The van der Waals surface area contributed by atoms with Crippen LogP contribution in [0, 0.1) is 6.92 Å². The summed E-state index contributed by atoms with van der Waals surface area (Å²) < 4.78 is 6.91. The van der Waals surface area contributed by atoms with Crippen molar-refractivity contribution in [1.82, 2.24) is 10.2 Å². The van der Waals surface area contributed by atoms with Crippen LogP contribution in [-0.2, 0) is 0 Å². The predicted octanol–water partition coefficient (Wildman–Crippen LogP) is 1.72. The molecule has 0 atom stereocenters. The van der Waals surface area contributed by atoms with Gasteiger partial charge in [0.2, 0.25) is 24.2 Å². The Morgan fingerprint density at radius 1 is 1.10 bits per heavy atom. The highest BCUT2D eigenvalue weighted by atomic mass is 16.4. The molecule has 2 heterocycles. The molecular weight excluding hydrogens is 268 g/mol. The Hall–Kier alpha value is -3.02. The number of nitrogens with zero attached hydrogens (tertiary/aromatic N) is 3. The summed E-state index contributed by atoms with van der Waals surface area (Å²) in [6.07, 6.45) is 3.44. The Morgan fingerprint density at radius 2 is 1.81 bits per heavy atom. The lowest BCUT2D eigenvalue weighted by molar-refractivity contribution is -0.641. The highest BCUT2D eigenvalue weighted by molar-refractivity contribution is 5.98. The van der Waals surface area contributed by atoms with Crippen LogP contribution in [0.3, 0.4) is 0 Å². The number of pyridine rings is 1. The molecule has 21 heavy (non-hydrogen) atoms. The molecule has 0 bridgehead atoms. The van der Waals surface area contributed by atoms with Crippen LogP contribution in [0.1, 0.15) is 16.2 Å². The van der Waals surface area contributed by atoms with Crippen LogP contribution < -0.4 is 10.1 Å². The molecule has 0 radical (unpaired) electrons. The molecule has 3 aromatic rings. The average molecular weight is 281 g/mol. The molecular formula is C15H13N4O2+. The summed E-state index contributed by atoms with van der Waals surface area (Å²) in [5.41, 5.74) is 4.14. The topological polar surface area (TPSA) is 71.9 Å². The lowest BCUT2D eigenvalue weighted by atomic mass is 10.2. The molecule has 0 unspecified atom stereocenters. The Balaban J connectivity index is 1.74. The minimum absolute atomic E-state index is 0.179. The average Bonchev–Trinajstić information content (AvgIpc) is 2.95. The highest BCUT2D eigenvalue weighted by Gasteiger charge is 2.12. The Morgan fingerprint density at radius 3 is 2.43 bits per heavy atom. The number of amides is 1. The smallest absolute Gasteiger partial charge is 0.305 e. The van der Waals surface area contributed by atoms with E-state index in [9.17, 15) is 4.79 Å². The van der Waals surface area contributed by atoms with Gasteiger partial charge in [-0.05, 0) is 12.1 Å². The summed E-state index contributed by atoms with van der Waals surface area (Å²) in [5.74, 6) is 0.787. The van der Waals surface area contributed by atoms with Crippen molar-refractivity contribution in [3.8, 4) is 11.5 Å². The third-order valence-electron chi connectivity index (χ3n) is 2.87. The zero-order valence-corrected chi connectivity index (χ0v) is 11.4. The molecule has 0 saturated carbocycles. The summed E-state index contributed by atoms with van der Waals surface area (Å²) in [4.78, 5) is 12.0. The maximum absolute atomic E-state index is 12.0. The molecule has 0 aliphatic rings. The first-order chi connectivity index (χ1) is 10.2. The zero-order chi connectivity index (χ0) is 14.7. The maximum Gasteiger partial charge on any atom is 0.305 e. The molecule has 0 saturated heterocycles. The third-order valence-corrected chi connectivity index (χ3v) is 2.87. The summed E-state index contributed by atoms with van der Waals surface area (Å²) in [6.45, 7) is 1.74. The SMILES string of the molecule is Cc1nnc(-c2cc[n+](NC(=O)c3ccccc3)cc2)o1. The lowest BCUT2D eigenvalue weighted by Crippen LogP contribution is -2.47. The molecule has 104 valence electrons. The van der Waals surface area contributed by atoms with E-state index in [0.717, 1.165) is 5.56 Å². The van der Waals surface area contributed by atoms with Gasteiger partial charge in [0.15, 0.2) is 0 Å². The van der Waals surface area contributed by atoms with Crippen molar-refractivity contribution in [3.05, 3.63) is 66.3 Å². The van der Waals surface area contributed by atoms with E-state index >= 15 is 0 Å². The number of nitrogens with one attached hydrogen (secondary N) is 1. The van der Waals surface area contributed by atoms with Crippen molar-refractivity contribution in [2.24, 2.45) is 0 Å².